The van der Waals surface area contributed by atoms with E-state index in [0.29, 0.717) is 18.5 Å². The minimum atomic E-state index is -0.245. The number of para-hydroxylation sites is 1. The van der Waals surface area contributed by atoms with Crippen molar-refractivity contribution in [3.63, 3.8) is 0 Å². The Labute approximate surface area is 147 Å². The zero-order chi connectivity index (χ0) is 17.5. The molecule has 2 N–H and O–H groups in total. The molecular weight excluding hydrogens is 321 g/mol. The van der Waals surface area contributed by atoms with Gasteiger partial charge < -0.3 is 19.5 Å². The quantitative estimate of drug-likeness (QED) is 0.799. The van der Waals surface area contributed by atoms with Crippen molar-refractivity contribution in [2.45, 2.75) is 32.1 Å². The lowest BCUT2D eigenvalue weighted by Crippen LogP contribution is -2.84. The standard InChI is InChI=1S/C20H24FNO3/c1-23-19-6-2-4-16(12-22-13-18-5-3-11-24-18)20(19)25-14-15-7-9-17(21)10-8-15/h2,4,6-10,18,22H,3,5,11-14H2,1H3/p+1/t18-/m1/s1. The molecule has 3 rings (SSSR count). The maximum absolute atomic E-state index is 13.0. The summed E-state index contributed by atoms with van der Waals surface area (Å²) >= 11 is 0. The number of hydrogen-bond donors (Lipinski definition) is 1. The molecule has 0 aromatic heterocycles. The zero-order valence-electron chi connectivity index (χ0n) is 14.5. The van der Waals surface area contributed by atoms with E-state index in [2.05, 4.69) is 11.4 Å². The highest BCUT2D eigenvalue weighted by atomic mass is 19.1. The van der Waals surface area contributed by atoms with Crippen LogP contribution < -0.4 is 14.8 Å². The molecule has 0 unspecified atom stereocenters. The molecule has 0 radical (unpaired) electrons. The van der Waals surface area contributed by atoms with Crippen LogP contribution in [0.3, 0.4) is 0 Å². The van der Waals surface area contributed by atoms with Crippen LogP contribution in [0.2, 0.25) is 0 Å². The second-order valence-electron chi connectivity index (χ2n) is 6.23. The topological polar surface area (TPSA) is 44.3 Å². The molecule has 4 nitrogen and oxygen atoms in total. The fraction of sp³-hybridized carbons (Fsp3) is 0.400. The number of benzene rings is 2. The lowest BCUT2D eigenvalue weighted by atomic mass is 10.1. The van der Waals surface area contributed by atoms with Crippen LogP contribution in [0.15, 0.2) is 42.5 Å². The maximum Gasteiger partial charge on any atom is 0.170 e. The van der Waals surface area contributed by atoms with E-state index in [-0.39, 0.29) is 5.82 Å². The Balaban J connectivity index is 1.64. The van der Waals surface area contributed by atoms with Crippen molar-refractivity contribution in [3.8, 4) is 11.5 Å². The second kappa shape index (κ2) is 8.83. The Kier molecular flexibility index (Phi) is 6.25. The third-order valence-corrected chi connectivity index (χ3v) is 4.39. The van der Waals surface area contributed by atoms with Gasteiger partial charge >= 0.3 is 0 Å². The largest absolute Gasteiger partial charge is 0.493 e. The van der Waals surface area contributed by atoms with Gasteiger partial charge in [0.1, 0.15) is 31.6 Å². The van der Waals surface area contributed by atoms with Crippen molar-refractivity contribution >= 4 is 0 Å². The average Bonchev–Trinajstić information content (AvgIpc) is 3.15. The fourth-order valence-corrected chi connectivity index (χ4v) is 3.04. The van der Waals surface area contributed by atoms with Gasteiger partial charge in [0.2, 0.25) is 0 Å². The van der Waals surface area contributed by atoms with E-state index in [1.54, 1.807) is 19.2 Å². The van der Waals surface area contributed by atoms with E-state index in [1.807, 2.05) is 12.1 Å². The molecule has 2 aromatic carbocycles. The molecule has 0 amide bonds. The molecule has 0 aliphatic carbocycles. The van der Waals surface area contributed by atoms with Crippen LogP contribution in [0.25, 0.3) is 0 Å². The lowest BCUT2D eigenvalue weighted by Gasteiger charge is -2.15. The van der Waals surface area contributed by atoms with Gasteiger partial charge in [-0.25, -0.2) is 4.39 Å². The predicted octanol–water partition coefficient (Wildman–Crippen LogP) is 2.66. The van der Waals surface area contributed by atoms with Crippen LogP contribution in [-0.2, 0) is 17.9 Å². The maximum atomic E-state index is 13.0. The second-order valence-corrected chi connectivity index (χ2v) is 6.23. The van der Waals surface area contributed by atoms with E-state index in [1.165, 1.54) is 12.1 Å². The summed E-state index contributed by atoms with van der Waals surface area (Å²) in [6.45, 7) is 3.01. The van der Waals surface area contributed by atoms with Crippen molar-refractivity contribution in [1.82, 2.24) is 0 Å². The van der Waals surface area contributed by atoms with Gasteiger partial charge in [0.05, 0.1) is 12.7 Å². The van der Waals surface area contributed by atoms with Crippen molar-refractivity contribution in [2.75, 3.05) is 20.3 Å². The number of methoxy groups -OCH3 is 1. The molecular formula is C20H25FNO3+. The SMILES string of the molecule is COc1cccc(C[NH2+]C[C@H]2CCCO2)c1OCc1ccc(F)cc1. The Morgan fingerprint density at radius 3 is 2.76 bits per heavy atom. The minimum Gasteiger partial charge on any atom is -0.493 e. The first kappa shape index (κ1) is 17.7. The molecule has 25 heavy (non-hydrogen) atoms. The molecule has 134 valence electrons. The summed E-state index contributed by atoms with van der Waals surface area (Å²) in [5, 5.41) is 2.25. The number of nitrogens with two attached hydrogens (primary N) is 1. The van der Waals surface area contributed by atoms with E-state index in [9.17, 15) is 4.39 Å². The van der Waals surface area contributed by atoms with Crippen molar-refractivity contribution < 1.29 is 23.9 Å². The number of hydrogen-bond acceptors (Lipinski definition) is 3. The summed E-state index contributed by atoms with van der Waals surface area (Å²) < 4.78 is 30.1. The molecule has 0 saturated carbocycles. The first-order valence-electron chi connectivity index (χ1n) is 8.72. The van der Waals surface area contributed by atoms with Gasteiger partial charge in [0.15, 0.2) is 11.5 Å². The summed E-state index contributed by atoms with van der Waals surface area (Å²) in [5.41, 5.74) is 2.00. The molecule has 1 aliphatic rings. The Morgan fingerprint density at radius 1 is 1.20 bits per heavy atom. The van der Waals surface area contributed by atoms with E-state index in [4.69, 9.17) is 14.2 Å². The molecule has 1 saturated heterocycles. The van der Waals surface area contributed by atoms with Gasteiger partial charge in [0.25, 0.3) is 0 Å². The lowest BCUT2D eigenvalue weighted by molar-refractivity contribution is -0.676. The van der Waals surface area contributed by atoms with E-state index >= 15 is 0 Å². The fourth-order valence-electron chi connectivity index (χ4n) is 3.04. The molecule has 1 heterocycles. The van der Waals surface area contributed by atoms with Crippen LogP contribution >= 0.6 is 0 Å². The average molecular weight is 346 g/mol. The molecule has 1 fully saturated rings. The Morgan fingerprint density at radius 2 is 2.04 bits per heavy atom. The zero-order valence-corrected chi connectivity index (χ0v) is 14.5. The van der Waals surface area contributed by atoms with Crippen LogP contribution in [0.1, 0.15) is 24.0 Å². The van der Waals surface area contributed by atoms with Gasteiger partial charge in [0, 0.05) is 6.61 Å². The highest BCUT2D eigenvalue weighted by molar-refractivity contribution is 5.46. The monoisotopic (exact) mass is 346 g/mol. The molecule has 0 bridgehead atoms. The normalized spacial score (nSPS) is 16.8. The van der Waals surface area contributed by atoms with Crippen molar-refractivity contribution in [2.24, 2.45) is 0 Å². The van der Waals surface area contributed by atoms with Gasteiger partial charge in [-0.15, -0.1) is 0 Å². The molecule has 2 aromatic rings. The van der Waals surface area contributed by atoms with Crippen LogP contribution in [-0.4, -0.2) is 26.4 Å². The van der Waals surface area contributed by atoms with Gasteiger partial charge in [-0.3, -0.25) is 0 Å². The molecule has 1 atom stereocenters. The number of halogens is 1. The van der Waals surface area contributed by atoms with Gasteiger partial charge in [-0.2, -0.15) is 0 Å². The molecule has 5 heteroatoms. The summed E-state index contributed by atoms with van der Waals surface area (Å²) in [6.07, 6.45) is 2.65. The predicted molar refractivity (Wildman–Crippen MR) is 93.2 cm³/mol. The van der Waals surface area contributed by atoms with Crippen molar-refractivity contribution in [1.29, 1.82) is 0 Å². The Hall–Kier alpha value is -2.11. The number of ether oxygens (including phenoxy) is 3. The van der Waals surface area contributed by atoms with Gasteiger partial charge in [-0.05, 0) is 42.7 Å². The number of quaternary nitrogens is 1. The summed E-state index contributed by atoms with van der Waals surface area (Å²) in [6, 6.07) is 12.3. The summed E-state index contributed by atoms with van der Waals surface area (Å²) in [5.74, 6) is 1.22. The number of rotatable bonds is 8. The van der Waals surface area contributed by atoms with Crippen LogP contribution in [0.5, 0.6) is 11.5 Å². The third kappa shape index (κ3) is 4.94. The van der Waals surface area contributed by atoms with Crippen LogP contribution in [0.4, 0.5) is 4.39 Å². The highest BCUT2D eigenvalue weighted by Crippen LogP contribution is 2.31. The smallest absolute Gasteiger partial charge is 0.170 e. The summed E-state index contributed by atoms with van der Waals surface area (Å²) in [4.78, 5) is 0. The van der Waals surface area contributed by atoms with Gasteiger partial charge in [-0.1, -0.05) is 18.2 Å². The summed E-state index contributed by atoms with van der Waals surface area (Å²) in [7, 11) is 1.64. The minimum absolute atomic E-state index is 0.245. The van der Waals surface area contributed by atoms with E-state index in [0.717, 1.165) is 49.4 Å². The van der Waals surface area contributed by atoms with Crippen molar-refractivity contribution in [3.05, 3.63) is 59.4 Å². The van der Waals surface area contributed by atoms with Crippen LogP contribution in [0, 0.1) is 5.82 Å². The first-order valence-corrected chi connectivity index (χ1v) is 8.72. The van der Waals surface area contributed by atoms with E-state index < -0.39 is 0 Å². The molecule has 1 aliphatic heterocycles. The Bertz CT molecular complexity index is 669. The third-order valence-electron chi connectivity index (χ3n) is 4.39. The first-order chi connectivity index (χ1) is 12.3. The highest BCUT2D eigenvalue weighted by Gasteiger charge is 2.18. The molecule has 0 spiro atoms.